The van der Waals surface area contributed by atoms with Crippen molar-refractivity contribution in [2.75, 3.05) is 6.61 Å². The summed E-state index contributed by atoms with van der Waals surface area (Å²) in [5.74, 6) is -0.599. The Morgan fingerprint density at radius 1 is 0.719 bits per heavy atom. The van der Waals surface area contributed by atoms with Gasteiger partial charge in [-0.3, -0.25) is 0 Å². The zero-order valence-electron chi connectivity index (χ0n) is 15.6. The Kier molecular flexibility index (Phi) is 6.23. The van der Waals surface area contributed by atoms with E-state index in [-0.39, 0.29) is 6.61 Å². The van der Waals surface area contributed by atoms with Gasteiger partial charge in [0, 0.05) is 10.9 Å². The predicted octanol–water partition coefficient (Wildman–Crippen LogP) is 6.62. The normalized spacial score (nSPS) is 18.0. The van der Waals surface area contributed by atoms with Crippen LogP contribution >= 0.6 is 7.92 Å². The van der Waals surface area contributed by atoms with Gasteiger partial charge in [0.25, 0.3) is 0 Å². The van der Waals surface area contributed by atoms with E-state index in [1.807, 2.05) is 0 Å². The highest BCUT2D eigenvalue weighted by Crippen LogP contribution is 2.71. The third-order valence-electron chi connectivity index (χ3n) is 4.45. The molecule has 0 saturated carbocycles. The van der Waals surface area contributed by atoms with Crippen molar-refractivity contribution in [3.8, 4) is 0 Å². The second-order valence-corrected chi connectivity index (χ2v) is 8.88. The zero-order chi connectivity index (χ0) is 23.9. The number of aliphatic imine (C=N–C) groups is 1. The number of nitrogens with zero attached hydrogens (tertiary/aromatic N) is 1. The molecule has 2 nitrogen and oxygen atoms in total. The van der Waals surface area contributed by atoms with Crippen molar-refractivity contribution in [3.05, 3.63) is 65.7 Å². The van der Waals surface area contributed by atoms with E-state index in [1.54, 1.807) is 30.3 Å². The molecule has 1 atom stereocenters. The second-order valence-electron chi connectivity index (χ2n) is 6.60. The van der Waals surface area contributed by atoms with Crippen molar-refractivity contribution in [1.82, 2.24) is 0 Å². The van der Waals surface area contributed by atoms with Crippen LogP contribution in [0.3, 0.4) is 0 Å². The summed E-state index contributed by atoms with van der Waals surface area (Å²) >= 11 is 0. The lowest BCUT2D eigenvalue weighted by Gasteiger charge is -2.36. The van der Waals surface area contributed by atoms with Gasteiger partial charge in [-0.1, -0.05) is 48.5 Å². The highest BCUT2D eigenvalue weighted by atomic mass is 31.1. The van der Waals surface area contributed by atoms with Gasteiger partial charge in [0.05, 0.1) is 7.92 Å². The van der Waals surface area contributed by atoms with Crippen molar-refractivity contribution in [3.63, 3.8) is 0 Å². The Bertz CT molecular complexity index is 962. The van der Waals surface area contributed by atoms with E-state index in [0.29, 0.717) is 11.6 Å². The molecule has 1 aliphatic heterocycles. The van der Waals surface area contributed by atoms with Gasteiger partial charge in [-0.05, 0) is 11.6 Å². The molecule has 2 aromatic carbocycles. The monoisotopic (exact) mass is 491 g/mol. The Balaban J connectivity index is 2.17. The van der Waals surface area contributed by atoms with Gasteiger partial charge in [0.1, 0.15) is 12.6 Å². The first-order valence-corrected chi connectivity index (χ1v) is 10.1. The van der Waals surface area contributed by atoms with Gasteiger partial charge >= 0.3 is 23.7 Å². The number of ether oxygens (including phenoxy) is 1. The van der Waals surface area contributed by atoms with Crippen molar-refractivity contribution in [1.29, 1.82) is 0 Å². The third-order valence-corrected chi connectivity index (χ3v) is 6.96. The van der Waals surface area contributed by atoms with Crippen molar-refractivity contribution in [2.45, 2.75) is 29.7 Å². The van der Waals surface area contributed by atoms with Crippen molar-refractivity contribution >= 4 is 19.1 Å². The van der Waals surface area contributed by atoms with Crippen LogP contribution in [0.25, 0.3) is 0 Å². The van der Waals surface area contributed by atoms with E-state index in [2.05, 4.69) is 4.99 Å². The van der Waals surface area contributed by atoms with Crippen LogP contribution < -0.4 is 5.30 Å². The average Bonchev–Trinajstić information content (AvgIpc) is 3.17. The lowest BCUT2D eigenvalue weighted by atomic mass is 10.1. The summed E-state index contributed by atoms with van der Waals surface area (Å²) in [6.07, 6.45) is -13.3. The largest absolute Gasteiger partial charge is 0.475 e. The molecule has 0 saturated heterocycles. The number of hydrogen-bond donors (Lipinski definition) is 0. The minimum absolute atomic E-state index is 0.211. The van der Waals surface area contributed by atoms with Crippen LogP contribution in [0.5, 0.6) is 0 Å². The topological polar surface area (TPSA) is 21.6 Å². The lowest BCUT2D eigenvalue weighted by molar-refractivity contribution is -0.261. The van der Waals surface area contributed by atoms with Crippen LogP contribution in [0.15, 0.2) is 59.6 Å². The molecular weight excluding hydrogens is 479 g/mol. The fourth-order valence-corrected chi connectivity index (χ4v) is 5.06. The SMILES string of the molecule is FC(F)(F)C(F)(F)P(c1ccccc1C1=N[C@@H](c2ccccc2)CO1)C(F)(F)C(F)(F)F. The third kappa shape index (κ3) is 4.29. The maximum absolute atomic E-state index is 14.2. The van der Waals surface area contributed by atoms with Crippen LogP contribution in [0.2, 0.25) is 0 Å². The summed E-state index contributed by atoms with van der Waals surface area (Å²) in [5.41, 5.74) is -13.0. The second kappa shape index (κ2) is 8.20. The molecule has 0 spiro atoms. The molecule has 1 aliphatic rings. The van der Waals surface area contributed by atoms with E-state index in [0.717, 1.165) is 18.2 Å². The van der Waals surface area contributed by atoms with E-state index < -0.39 is 54.4 Å². The van der Waals surface area contributed by atoms with Gasteiger partial charge < -0.3 is 4.74 Å². The Morgan fingerprint density at radius 2 is 1.22 bits per heavy atom. The van der Waals surface area contributed by atoms with E-state index >= 15 is 0 Å². The number of halogens is 10. The molecule has 0 aromatic heterocycles. The molecule has 0 amide bonds. The van der Waals surface area contributed by atoms with Crippen LogP contribution in [0.1, 0.15) is 17.2 Å². The maximum atomic E-state index is 14.2. The molecule has 1 heterocycles. The molecule has 0 unspecified atom stereocenters. The van der Waals surface area contributed by atoms with Gasteiger partial charge in [0.2, 0.25) is 5.90 Å². The standard InChI is InChI=1S/C19H12F10NOP/c20-16(21,22)18(26,27)32(19(28,29)17(23,24)25)14-9-5-4-8-12(14)15-30-13(10-31-15)11-6-2-1-3-7-11/h1-9,13H,10H2/t13-/m1/s1. The Labute approximate surface area is 175 Å². The van der Waals surface area contributed by atoms with Crippen LogP contribution in [0, 0.1) is 0 Å². The highest BCUT2D eigenvalue weighted by molar-refractivity contribution is 7.68. The fraction of sp³-hybridized carbons (Fsp3) is 0.316. The predicted molar refractivity (Wildman–Crippen MR) is 96.7 cm³/mol. The molecule has 3 rings (SSSR count). The highest BCUT2D eigenvalue weighted by Gasteiger charge is 2.76. The van der Waals surface area contributed by atoms with Crippen molar-refractivity contribution in [2.24, 2.45) is 4.99 Å². The van der Waals surface area contributed by atoms with Crippen LogP contribution in [-0.4, -0.2) is 36.2 Å². The summed E-state index contributed by atoms with van der Waals surface area (Å²) in [6, 6.07) is 10.4. The Hall–Kier alpha value is -2.36. The molecule has 0 N–H and O–H groups in total. The first kappa shape index (κ1) is 24.3. The first-order valence-electron chi connectivity index (χ1n) is 8.72. The van der Waals surface area contributed by atoms with E-state index in [4.69, 9.17) is 4.74 Å². The van der Waals surface area contributed by atoms with Crippen molar-refractivity contribution < 1.29 is 48.6 Å². The molecule has 32 heavy (non-hydrogen) atoms. The van der Waals surface area contributed by atoms with Gasteiger partial charge in [-0.25, -0.2) is 4.99 Å². The quantitative estimate of drug-likeness (QED) is 0.340. The van der Waals surface area contributed by atoms with E-state index in [9.17, 15) is 43.9 Å². The summed E-state index contributed by atoms with van der Waals surface area (Å²) in [7, 11) is -5.50. The molecular formula is C19H12F10NOP. The number of hydrogen-bond acceptors (Lipinski definition) is 2. The fourth-order valence-electron chi connectivity index (χ4n) is 2.95. The molecule has 0 radical (unpaired) electrons. The zero-order valence-corrected chi connectivity index (χ0v) is 16.5. The first-order chi connectivity index (χ1) is 14.7. The van der Waals surface area contributed by atoms with Gasteiger partial charge in [-0.2, -0.15) is 43.9 Å². The van der Waals surface area contributed by atoms with E-state index in [1.165, 1.54) is 0 Å². The summed E-state index contributed by atoms with van der Waals surface area (Å²) in [4.78, 5) is 4.01. The summed E-state index contributed by atoms with van der Waals surface area (Å²) < 4.78 is 140. The lowest BCUT2D eigenvalue weighted by Crippen LogP contribution is -2.48. The minimum atomic E-state index is -6.66. The smallest absolute Gasteiger partial charge is 0.458 e. The molecule has 2 aromatic rings. The molecule has 0 bridgehead atoms. The van der Waals surface area contributed by atoms with Gasteiger partial charge in [-0.15, -0.1) is 0 Å². The molecule has 0 fully saturated rings. The number of rotatable bonds is 5. The van der Waals surface area contributed by atoms with Gasteiger partial charge in [0.15, 0.2) is 0 Å². The molecule has 174 valence electrons. The van der Waals surface area contributed by atoms with Crippen LogP contribution in [-0.2, 0) is 4.74 Å². The number of alkyl halides is 10. The molecule has 13 heteroatoms. The average molecular weight is 491 g/mol. The number of benzene rings is 2. The molecule has 0 aliphatic carbocycles. The summed E-state index contributed by atoms with van der Waals surface area (Å²) in [6.45, 7) is -0.211. The maximum Gasteiger partial charge on any atom is 0.458 e. The van der Waals surface area contributed by atoms with Crippen LogP contribution in [0.4, 0.5) is 43.9 Å². The minimum Gasteiger partial charge on any atom is -0.475 e. The summed E-state index contributed by atoms with van der Waals surface area (Å²) in [5, 5.41) is -1.53. The Morgan fingerprint density at radius 3 is 1.75 bits per heavy atom.